The Hall–Kier alpha value is -3.30. The molecule has 1 heterocycles. The highest BCUT2D eigenvalue weighted by atomic mass is 32.1. The fraction of sp³-hybridized carbons (Fsp3) is 0.136. The Kier molecular flexibility index (Phi) is 6.30. The van der Waals surface area contributed by atoms with E-state index in [9.17, 15) is 9.18 Å². The average Bonchev–Trinajstić information content (AvgIpc) is 3.17. The number of thiazole rings is 1. The molecule has 28 heavy (non-hydrogen) atoms. The predicted molar refractivity (Wildman–Crippen MR) is 107 cm³/mol. The summed E-state index contributed by atoms with van der Waals surface area (Å²) in [5, 5.41) is 11.4. The van der Waals surface area contributed by atoms with Crippen LogP contribution in [0.1, 0.15) is 32.2 Å². The first-order chi connectivity index (χ1) is 13.6. The number of amides is 1. The highest BCUT2D eigenvalue weighted by molar-refractivity contribution is 7.09. The molecule has 0 radical (unpaired) electrons. The first-order valence-corrected chi connectivity index (χ1v) is 9.55. The molecule has 0 unspecified atom stereocenters. The van der Waals surface area contributed by atoms with Crippen molar-refractivity contribution in [3.05, 3.63) is 99.8 Å². The van der Waals surface area contributed by atoms with Gasteiger partial charge in [0.1, 0.15) is 11.5 Å². The summed E-state index contributed by atoms with van der Waals surface area (Å²) in [5.74, 6) is -0.505. The van der Waals surface area contributed by atoms with Crippen molar-refractivity contribution >= 4 is 17.2 Å². The van der Waals surface area contributed by atoms with Gasteiger partial charge in [-0.15, -0.1) is 17.9 Å². The number of benzene rings is 2. The molecule has 2 aromatic carbocycles. The summed E-state index contributed by atoms with van der Waals surface area (Å²) in [6.45, 7) is 4.42. The van der Waals surface area contributed by atoms with Crippen molar-refractivity contribution in [2.24, 2.45) is 0 Å². The van der Waals surface area contributed by atoms with Crippen molar-refractivity contribution in [1.82, 2.24) is 9.88 Å². The van der Waals surface area contributed by atoms with E-state index in [1.54, 1.807) is 52.8 Å². The number of carbonyl (C=O) groups excluding carboxylic acids is 1. The van der Waals surface area contributed by atoms with Gasteiger partial charge in [0.05, 0.1) is 16.6 Å². The molecular weight excluding hydrogens is 373 g/mol. The normalized spacial score (nSPS) is 10.3. The van der Waals surface area contributed by atoms with Gasteiger partial charge >= 0.3 is 0 Å². The lowest BCUT2D eigenvalue weighted by Crippen LogP contribution is -2.31. The highest BCUT2D eigenvalue weighted by Gasteiger charge is 2.19. The van der Waals surface area contributed by atoms with Gasteiger partial charge in [-0.2, -0.15) is 5.26 Å². The lowest BCUT2D eigenvalue weighted by Gasteiger charge is -2.20. The molecular formula is C22H18FN3OS. The van der Waals surface area contributed by atoms with Crippen LogP contribution in [0.5, 0.6) is 0 Å². The van der Waals surface area contributed by atoms with E-state index in [-0.39, 0.29) is 11.7 Å². The second kappa shape index (κ2) is 9.07. The van der Waals surface area contributed by atoms with E-state index in [1.165, 1.54) is 17.4 Å². The van der Waals surface area contributed by atoms with Crippen molar-refractivity contribution in [3.8, 4) is 6.07 Å². The van der Waals surface area contributed by atoms with E-state index in [0.717, 1.165) is 5.56 Å². The fourth-order valence-corrected chi connectivity index (χ4v) is 3.58. The van der Waals surface area contributed by atoms with Crippen molar-refractivity contribution in [2.45, 2.75) is 13.0 Å². The summed E-state index contributed by atoms with van der Waals surface area (Å²) >= 11 is 1.34. The maximum Gasteiger partial charge on any atom is 0.273 e. The molecule has 3 aromatic rings. The second-order valence-electron chi connectivity index (χ2n) is 6.18. The summed E-state index contributed by atoms with van der Waals surface area (Å²) < 4.78 is 13.8. The van der Waals surface area contributed by atoms with Crippen molar-refractivity contribution < 1.29 is 9.18 Å². The van der Waals surface area contributed by atoms with Crippen LogP contribution in [0.15, 0.2) is 66.6 Å². The Morgan fingerprint density at radius 3 is 2.86 bits per heavy atom. The molecule has 0 aliphatic heterocycles. The minimum absolute atomic E-state index is 0.224. The van der Waals surface area contributed by atoms with Crippen LogP contribution >= 0.6 is 11.3 Å². The highest BCUT2D eigenvalue weighted by Crippen LogP contribution is 2.19. The third kappa shape index (κ3) is 4.70. The van der Waals surface area contributed by atoms with Crippen LogP contribution in [0.25, 0.3) is 0 Å². The third-order valence-corrected chi connectivity index (χ3v) is 4.99. The van der Waals surface area contributed by atoms with Gasteiger partial charge in [-0.1, -0.05) is 36.4 Å². The Balaban J connectivity index is 1.76. The molecule has 140 valence electrons. The van der Waals surface area contributed by atoms with Crippen molar-refractivity contribution in [1.29, 1.82) is 5.26 Å². The molecule has 0 aliphatic rings. The topological polar surface area (TPSA) is 57.0 Å². The van der Waals surface area contributed by atoms with Crippen LogP contribution < -0.4 is 0 Å². The number of hydrogen-bond acceptors (Lipinski definition) is 4. The molecule has 0 spiro atoms. The SMILES string of the molecule is C=CCN(Cc1cccc(C#N)c1)C(=O)c1csc(Cc2ccccc2F)n1. The fourth-order valence-electron chi connectivity index (χ4n) is 2.79. The van der Waals surface area contributed by atoms with Gasteiger partial charge in [-0.3, -0.25) is 4.79 Å². The maximum atomic E-state index is 13.8. The Morgan fingerprint density at radius 1 is 1.29 bits per heavy atom. The molecule has 0 N–H and O–H groups in total. The monoisotopic (exact) mass is 391 g/mol. The van der Waals surface area contributed by atoms with Crippen LogP contribution in [-0.2, 0) is 13.0 Å². The minimum atomic E-state index is -0.281. The van der Waals surface area contributed by atoms with Crippen LogP contribution in [0.4, 0.5) is 4.39 Å². The molecule has 0 fully saturated rings. The van der Waals surface area contributed by atoms with Crippen molar-refractivity contribution in [2.75, 3.05) is 6.54 Å². The lowest BCUT2D eigenvalue weighted by atomic mass is 10.1. The van der Waals surface area contributed by atoms with E-state index in [0.29, 0.717) is 41.3 Å². The van der Waals surface area contributed by atoms with Gasteiger partial charge < -0.3 is 4.90 Å². The first kappa shape index (κ1) is 19.5. The number of hydrogen-bond donors (Lipinski definition) is 0. The summed E-state index contributed by atoms with van der Waals surface area (Å²) in [4.78, 5) is 18.9. The minimum Gasteiger partial charge on any atom is -0.329 e. The second-order valence-corrected chi connectivity index (χ2v) is 7.12. The first-order valence-electron chi connectivity index (χ1n) is 8.67. The number of halogens is 1. The van der Waals surface area contributed by atoms with E-state index in [2.05, 4.69) is 17.6 Å². The van der Waals surface area contributed by atoms with Crippen molar-refractivity contribution in [3.63, 3.8) is 0 Å². The van der Waals surface area contributed by atoms with Crippen LogP contribution in [-0.4, -0.2) is 22.3 Å². The largest absolute Gasteiger partial charge is 0.329 e. The number of nitriles is 1. The van der Waals surface area contributed by atoms with E-state index >= 15 is 0 Å². The predicted octanol–water partition coefficient (Wildman–Crippen LogP) is 4.57. The summed E-state index contributed by atoms with van der Waals surface area (Å²) in [6.07, 6.45) is 2.00. The number of rotatable bonds is 7. The van der Waals surface area contributed by atoms with Crippen LogP contribution in [0, 0.1) is 17.1 Å². The summed E-state index contributed by atoms with van der Waals surface area (Å²) in [5.41, 5.74) is 2.28. The van der Waals surface area contributed by atoms with Crippen LogP contribution in [0.3, 0.4) is 0 Å². The number of nitrogens with zero attached hydrogens (tertiary/aromatic N) is 3. The quantitative estimate of drug-likeness (QED) is 0.554. The number of carbonyl (C=O) groups is 1. The smallest absolute Gasteiger partial charge is 0.273 e. The van der Waals surface area contributed by atoms with E-state index in [4.69, 9.17) is 5.26 Å². The molecule has 4 nitrogen and oxygen atoms in total. The van der Waals surface area contributed by atoms with Gasteiger partial charge in [0.15, 0.2) is 0 Å². The standard InChI is InChI=1S/C22H18FN3OS/c1-2-10-26(14-17-7-5-6-16(11-17)13-24)22(27)20-15-28-21(25-20)12-18-8-3-4-9-19(18)23/h2-9,11,15H,1,10,12,14H2. The zero-order chi connectivity index (χ0) is 19.9. The van der Waals surface area contributed by atoms with E-state index < -0.39 is 0 Å². The Morgan fingerprint density at radius 2 is 2.11 bits per heavy atom. The van der Waals surface area contributed by atoms with E-state index in [1.807, 2.05) is 6.07 Å². The average molecular weight is 391 g/mol. The van der Waals surface area contributed by atoms with Gasteiger partial charge in [0.25, 0.3) is 5.91 Å². The molecule has 0 aliphatic carbocycles. The van der Waals surface area contributed by atoms with Gasteiger partial charge in [0.2, 0.25) is 0 Å². The molecule has 1 aromatic heterocycles. The van der Waals surface area contributed by atoms with Gasteiger partial charge in [0, 0.05) is 24.9 Å². The molecule has 1 amide bonds. The number of aromatic nitrogens is 1. The molecule has 6 heteroatoms. The summed E-state index contributed by atoms with van der Waals surface area (Å²) in [7, 11) is 0. The van der Waals surface area contributed by atoms with Crippen LogP contribution in [0.2, 0.25) is 0 Å². The van der Waals surface area contributed by atoms with Gasteiger partial charge in [-0.25, -0.2) is 9.37 Å². The molecule has 0 atom stereocenters. The third-order valence-electron chi connectivity index (χ3n) is 4.14. The molecule has 0 saturated heterocycles. The Labute approximate surface area is 167 Å². The Bertz CT molecular complexity index is 1040. The molecule has 0 bridgehead atoms. The summed E-state index contributed by atoms with van der Waals surface area (Å²) in [6, 6.07) is 15.8. The zero-order valence-electron chi connectivity index (χ0n) is 15.1. The zero-order valence-corrected chi connectivity index (χ0v) is 16.0. The molecule has 0 saturated carbocycles. The lowest BCUT2D eigenvalue weighted by molar-refractivity contribution is 0.0757. The molecule has 3 rings (SSSR count). The maximum absolute atomic E-state index is 13.8. The van der Waals surface area contributed by atoms with Gasteiger partial charge in [-0.05, 0) is 29.3 Å².